The number of pyridine rings is 1. The summed E-state index contributed by atoms with van der Waals surface area (Å²) in [6.45, 7) is 3.97. The van der Waals surface area contributed by atoms with Gasteiger partial charge in [-0.25, -0.2) is 9.59 Å². The molecular weight excluding hydrogens is 266 g/mol. The lowest BCUT2D eigenvalue weighted by molar-refractivity contribution is 0.0696. The summed E-state index contributed by atoms with van der Waals surface area (Å²) >= 11 is 1.74. The SMILES string of the molecule is CCSCC(C)NC(=O)Nc1cncc(C(=O)O)c1. The second kappa shape index (κ2) is 7.63. The number of thioether (sulfide) groups is 1. The summed E-state index contributed by atoms with van der Waals surface area (Å²) in [5, 5.41) is 14.1. The fourth-order valence-electron chi connectivity index (χ4n) is 1.35. The summed E-state index contributed by atoms with van der Waals surface area (Å²) in [4.78, 5) is 26.2. The fraction of sp³-hybridized carbons (Fsp3) is 0.417. The molecule has 19 heavy (non-hydrogen) atoms. The Hall–Kier alpha value is -1.76. The smallest absolute Gasteiger partial charge is 0.337 e. The van der Waals surface area contributed by atoms with E-state index < -0.39 is 5.97 Å². The van der Waals surface area contributed by atoms with Gasteiger partial charge in [-0.15, -0.1) is 0 Å². The molecule has 0 aliphatic heterocycles. The van der Waals surface area contributed by atoms with Gasteiger partial charge in [-0.2, -0.15) is 11.8 Å². The van der Waals surface area contributed by atoms with Crippen molar-refractivity contribution in [3.8, 4) is 0 Å². The fourth-order valence-corrected chi connectivity index (χ4v) is 2.03. The minimum atomic E-state index is -1.08. The van der Waals surface area contributed by atoms with Crippen LogP contribution >= 0.6 is 11.8 Å². The van der Waals surface area contributed by atoms with E-state index in [-0.39, 0.29) is 17.6 Å². The van der Waals surface area contributed by atoms with E-state index in [4.69, 9.17) is 5.11 Å². The van der Waals surface area contributed by atoms with Crippen molar-refractivity contribution in [1.29, 1.82) is 0 Å². The van der Waals surface area contributed by atoms with Gasteiger partial charge in [0.15, 0.2) is 0 Å². The van der Waals surface area contributed by atoms with Gasteiger partial charge in [0.1, 0.15) is 0 Å². The number of aromatic nitrogens is 1. The molecule has 3 N–H and O–H groups in total. The Balaban J connectivity index is 2.52. The largest absolute Gasteiger partial charge is 0.478 e. The van der Waals surface area contributed by atoms with Crippen molar-refractivity contribution in [2.75, 3.05) is 16.8 Å². The molecule has 7 heteroatoms. The third-order valence-electron chi connectivity index (χ3n) is 2.19. The number of carbonyl (C=O) groups excluding carboxylic acids is 1. The molecule has 1 atom stereocenters. The first-order valence-electron chi connectivity index (χ1n) is 5.86. The van der Waals surface area contributed by atoms with Crippen molar-refractivity contribution < 1.29 is 14.7 Å². The number of carbonyl (C=O) groups is 2. The van der Waals surface area contributed by atoms with E-state index in [1.165, 1.54) is 18.5 Å². The Kier molecular flexibility index (Phi) is 6.14. The molecule has 0 saturated heterocycles. The second-order valence-electron chi connectivity index (χ2n) is 3.93. The van der Waals surface area contributed by atoms with Crippen molar-refractivity contribution in [3.05, 3.63) is 24.0 Å². The van der Waals surface area contributed by atoms with E-state index in [0.717, 1.165) is 11.5 Å². The van der Waals surface area contributed by atoms with E-state index in [0.29, 0.717) is 5.69 Å². The number of aromatic carboxylic acids is 1. The zero-order valence-corrected chi connectivity index (χ0v) is 11.7. The van der Waals surface area contributed by atoms with Crippen LogP contribution in [0.15, 0.2) is 18.5 Å². The summed E-state index contributed by atoms with van der Waals surface area (Å²) in [6.07, 6.45) is 2.63. The van der Waals surface area contributed by atoms with E-state index in [2.05, 4.69) is 22.5 Å². The van der Waals surface area contributed by atoms with Gasteiger partial charge in [0, 0.05) is 18.0 Å². The highest BCUT2D eigenvalue weighted by Crippen LogP contribution is 2.08. The summed E-state index contributed by atoms with van der Waals surface area (Å²) in [5.74, 6) is 0.750. The summed E-state index contributed by atoms with van der Waals surface area (Å²) < 4.78 is 0. The average Bonchev–Trinajstić information content (AvgIpc) is 2.36. The first-order chi connectivity index (χ1) is 9.02. The third-order valence-corrected chi connectivity index (χ3v) is 3.34. The number of amides is 2. The van der Waals surface area contributed by atoms with Crippen molar-refractivity contribution in [1.82, 2.24) is 10.3 Å². The number of rotatable bonds is 6. The molecule has 0 fully saturated rings. The Morgan fingerprint density at radius 2 is 2.21 bits per heavy atom. The van der Waals surface area contributed by atoms with Gasteiger partial charge in [0.05, 0.1) is 17.4 Å². The molecule has 6 nitrogen and oxygen atoms in total. The zero-order chi connectivity index (χ0) is 14.3. The number of carboxylic acid groups (broad SMARTS) is 1. The topological polar surface area (TPSA) is 91.3 Å². The predicted molar refractivity (Wildman–Crippen MR) is 75.8 cm³/mol. The third kappa shape index (κ3) is 5.60. The maximum Gasteiger partial charge on any atom is 0.337 e. The number of nitrogens with one attached hydrogen (secondary N) is 2. The maximum atomic E-state index is 11.7. The van der Waals surface area contributed by atoms with Crippen molar-refractivity contribution in [2.24, 2.45) is 0 Å². The first-order valence-corrected chi connectivity index (χ1v) is 7.02. The highest BCUT2D eigenvalue weighted by atomic mass is 32.2. The normalized spacial score (nSPS) is 11.7. The van der Waals surface area contributed by atoms with Crippen LogP contribution < -0.4 is 10.6 Å². The van der Waals surface area contributed by atoms with Crippen LogP contribution in [0, 0.1) is 0 Å². The zero-order valence-electron chi connectivity index (χ0n) is 10.8. The number of hydrogen-bond acceptors (Lipinski definition) is 4. The quantitative estimate of drug-likeness (QED) is 0.743. The van der Waals surface area contributed by atoms with Crippen LogP contribution in [0.4, 0.5) is 10.5 Å². The highest BCUT2D eigenvalue weighted by molar-refractivity contribution is 7.99. The lowest BCUT2D eigenvalue weighted by atomic mass is 10.2. The highest BCUT2D eigenvalue weighted by Gasteiger charge is 2.09. The second-order valence-corrected chi connectivity index (χ2v) is 5.25. The minimum Gasteiger partial charge on any atom is -0.478 e. The van der Waals surface area contributed by atoms with Gasteiger partial charge >= 0.3 is 12.0 Å². The van der Waals surface area contributed by atoms with Gasteiger partial charge in [-0.1, -0.05) is 6.92 Å². The molecule has 0 spiro atoms. The number of carboxylic acids is 1. The van der Waals surface area contributed by atoms with Crippen LogP contribution in [0.3, 0.4) is 0 Å². The monoisotopic (exact) mass is 283 g/mol. The Labute approximate surface area is 116 Å². The van der Waals surface area contributed by atoms with E-state index in [9.17, 15) is 9.59 Å². The summed E-state index contributed by atoms with van der Waals surface area (Å²) in [5.41, 5.74) is 0.389. The van der Waals surface area contributed by atoms with Crippen molar-refractivity contribution in [3.63, 3.8) is 0 Å². The van der Waals surface area contributed by atoms with Gasteiger partial charge in [0.2, 0.25) is 0 Å². The molecule has 104 valence electrons. The van der Waals surface area contributed by atoms with Crippen LogP contribution in [0.25, 0.3) is 0 Å². The van der Waals surface area contributed by atoms with Crippen LogP contribution in [-0.4, -0.2) is 39.6 Å². The van der Waals surface area contributed by atoms with Crippen LogP contribution in [0.1, 0.15) is 24.2 Å². The van der Waals surface area contributed by atoms with Crippen molar-refractivity contribution in [2.45, 2.75) is 19.9 Å². The molecule has 1 rings (SSSR count). The molecular formula is C12H17N3O3S. The van der Waals surface area contributed by atoms with Gasteiger partial charge in [-0.05, 0) is 18.7 Å². The molecule has 1 unspecified atom stereocenters. The molecule has 1 aromatic rings. The van der Waals surface area contributed by atoms with Crippen LogP contribution in [0.5, 0.6) is 0 Å². The summed E-state index contributed by atoms with van der Waals surface area (Å²) in [6, 6.07) is 1.04. The molecule has 1 aromatic heterocycles. The number of anilines is 1. The molecule has 0 aliphatic carbocycles. The lowest BCUT2D eigenvalue weighted by Crippen LogP contribution is -2.37. The number of hydrogen-bond donors (Lipinski definition) is 3. The number of urea groups is 1. The lowest BCUT2D eigenvalue weighted by Gasteiger charge is -2.13. The van der Waals surface area contributed by atoms with E-state index >= 15 is 0 Å². The van der Waals surface area contributed by atoms with Crippen LogP contribution in [0.2, 0.25) is 0 Å². The summed E-state index contributed by atoms with van der Waals surface area (Å²) in [7, 11) is 0. The molecule has 0 aliphatic rings. The minimum absolute atomic E-state index is 0.0346. The van der Waals surface area contributed by atoms with Crippen molar-refractivity contribution >= 4 is 29.4 Å². The molecule has 0 saturated carbocycles. The molecule has 0 radical (unpaired) electrons. The van der Waals surface area contributed by atoms with Gasteiger partial charge in [-0.3, -0.25) is 4.98 Å². The van der Waals surface area contributed by atoms with E-state index in [1.54, 1.807) is 11.8 Å². The average molecular weight is 283 g/mol. The standard InChI is InChI=1S/C12H17N3O3S/c1-3-19-7-8(2)14-12(18)15-10-4-9(11(16)17)5-13-6-10/h4-6,8H,3,7H2,1-2H3,(H,16,17)(H2,14,15,18). The molecule has 0 bridgehead atoms. The maximum absolute atomic E-state index is 11.7. The van der Waals surface area contributed by atoms with Gasteiger partial charge in [0.25, 0.3) is 0 Å². The molecule has 2 amide bonds. The van der Waals surface area contributed by atoms with Crippen LogP contribution in [-0.2, 0) is 0 Å². The first kappa shape index (κ1) is 15.3. The van der Waals surface area contributed by atoms with E-state index in [1.807, 2.05) is 6.92 Å². The Morgan fingerprint density at radius 3 is 2.84 bits per heavy atom. The Morgan fingerprint density at radius 1 is 1.47 bits per heavy atom. The molecule has 0 aromatic carbocycles. The Bertz CT molecular complexity index is 454. The molecule has 1 heterocycles. The predicted octanol–water partition coefficient (Wildman–Crippen LogP) is 2.04. The van der Waals surface area contributed by atoms with Gasteiger partial charge < -0.3 is 15.7 Å². The number of nitrogens with zero attached hydrogens (tertiary/aromatic N) is 1.